The monoisotopic (exact) mass is 337 g/mol. The van der Waals surface area contributed by atoms with Crippen molar-refractivity contribution in [3.63, 3.8) is 0 Å². The maximum absolute atomic E-state index is 13.2. The van der Waals surface area contributed by atoms with Crippen LogP contribution >= 0.6 is 11.8 Å². The van der Waals surface area contributed by atoms with E-state index in [1.54, 1.807) is 18.9 Å². The summed E-state index contributed by atoms with van der Waals surface area (Å²) in [6, 6.07) is 2.51. The van der Waals surface area contributed by atoms with Crippen molar-refractivity contribution in [2.75, 3.05) is 25.2 Å². The number of sulfonamides is 1. The van der Waals surface area contributed by atoms with Gasteiger partial charge in [-0.15, -0.1) is 0 Å². The van der Waals surface area contributed by atoms with Crippen LogP contribution in [0.5, 0.6) is 0 Å². The molecule has 0 bridgehead atoms. The first-order valence-electron chi connectivity index (χ1n) is 6.46. The normalized spacial score (nSPS) is 18.6. The van der Waals surface area contributed by atoms with E-state index >= 15 is 0 Å². The topological polar surface area (TPSA) is 55.4 Å². The fourth-order valence-electron chi connectivity index (χ4n) is 2.15. The highest BCUT2D eigenvalue weighted by Gasteiger charge is 2.33. The van der Waals surface area contributed by atoms with Crippen LogP contribution in [0.25, 0.3) is 0 Å². The number of rotatable bonds is 5. The summed E-state index contributed by atoms with van der Waals surface area (Å²) < 4.78 is 58.2. The Labute approximate surface area is 127 Å². The Bertz CT molecular complexity index is 601. The molecule has 0 atom stereocenters. The number of halogens is 2. The van der Waals surface area contributed by atoms with Crippen LogP contribution in [0.2, 0.25) is 0 Å². The predicted molar refractivity (Wildman–Crippen MR) is 77.8 cm³/mol. The summed E-state index contributed by atoms with van der Waals surface area (Å²) in [5.41, 5.74) is -0.531. The minimum absolute atomic E-state index is 0.116. The summed E-state index contributed by atoms with van der Waals surface area (Å²) in [5.74, 6) is -0.457. The van der Waals surface area contributed by atoms with Crippen molar-refractivity contribution in [1.82, 2.24) is 4.72 Å². The molecule has 0 aromatic heterocycles. The van der Waals surface area contributed by atoms with Gasteiger partial charge in [0.1, 0.15) is 0 Å². The summed E-state index contributed by atoms with van der Waals surface area (Å²) in [4.78, 5) is -0.294. The van der Waals surface area contributed by atoms with Gasteiger partial charge in [-0.25, -0.2) is 21.9 Å². The molecule has 1 N–H and O–H groups in total. The molecule has 2 rings (SSSR count). The molecule has 8 heteroatoms. The molecule has 1 aliphatic heterocycles. The molecule has 0 amide bonds. The molecule has 1 aromatic carbocycles. The predicted octanol–water partition coefficient (Wildman–Crippen LogP) is 2.16. The minimum atomic E-state index is -3.89. The van der Waals surface area contributed by atoms with Crippen LogP contribution in [0.4, 0.5) is 8.78 Å². The molecule has 4 nitrogen and oxygen atoms in total. The first-order chi connectivity index (χ1) is 9.88. The van der Waals surface area contributed by atoms with Gasteiger partial charge >= 0.3 is 0 Å². The molecule has 1 heterocycles. The largest absolute Gasteiger partial charge is 0.377 e. The second kappa shape index (κ2) is 6.60. The fourth-order valence-corrected chi connectivity index (χ4v) is 4.51. The van der Waals surface area contributed by atoms with Gasteiger partial charge in [-0.1, -0.05) is 0 Å². The number of methoxy groups -OCH3 is 1. The highest BCUT2D eigenvalue weighted by atomic mass is 32.2. The number of benzene rings is 1. The highest BCUT2D eigenvalue weighted by molar-refractivity contribution is 7.99. The molecule has 1 aromatic rings. The van der Waals surface area contributed by atoms with Crippen molar-refractivity contribution in [2.45, 2.75) is 23.3 Å². The summed E-state index contributed by atoms with van der Waals surface area (Å²) >= 11 is 1.80. The van der Waals surface area contributed by atoms with Gasteiger partial charge in [0.2, 0.25) is 10.0 Å². The molecule has 0 saturated carbocycles. The van der Waals surface area contributed by atoms with E-state index in [-0.39, 0.29) is 11.4 Å². The van der Waals surface area contributed by atoms with Crippen LogP contribution in [0.1, 0.15) is 12.8 Å². The third kappa shape index (κ3) is 3.94. The molecule has 118 valence electrons. The van der Waals surface area contributed by atoms with Crippen LogP contribution in [0.3, 0.4) is 0 Å². The van der Waals surface area contributed by atoms with E-state index in [2.05, 4.69) is 4.72 Å². The maximum atomic E-state index is 13.2. The molecule has 0 unspecified atom stereocenters. The minimum Gasteiger partial charge on any atom is -0.377 e. The van der Waals surface area contributed by atoms with Crippen molar-refractivity contribution < 1.29 is 21.9 Å². The van der Waals surface area contributed by atoms with Crippen molar-refractivity contribution in [3.05, 3.63) is 29.8 Å². The highest BCUT2D eigenvalue weighted by Crippen LogP contribution is 2.29. The van der Waals surface area contributed by atoms with E-state index in [0.29, 0.717) is 6.07 Å². The molecule has 1 fully saturated rings. The van der Waals surface area contributed by atoms with Gasteiger partial charge in [0.15, 0.2) is 11.6 Å². The Hall–Kier alpha value is -0.700. The summed E-state index contributed by atoms with van der Waals surface area (Å²) in [7, 11) is -2.33. The van der Waals surface area contributed by atoms with Crippen LogP contribution in [0, 0.1) is 11.6 Å². The summed E-state index contributed by atoms with van der Waals surface area (Å²) in [6.07, 6.45) is 1.49. The molecular formula is C13H17F2NO3S2. The van der Waals surface area contributed by atoms with Crippen molar-refractivity contribution in [1.29, 1.82) is 0 Å². The van der Waals surface area contributed by atoms with E-state index < -0.39 is 27.3 Å². The number of nitrogens with one attached hydrogen (secondary N) is 1. The van der Waals surface area contributed by atoms with Gasteiger partial charge in [-0.05, 0) is 42.5 Å². The molecule has 0 aliphatic carbocycles. The van der Waals surface area contributed by atoms with Gasteiger partial charge in [-0.2, -0.15) is 11.8 Å². The Morgan fingerprint density at radius 2 is 1.95 bits per heavy atom. The molecule has 21 heavy (non-hydrogen) atoms. The van der Waals surface area contributed by atoms with Crippen molar-refractivity contribution >= 4 is 21.8 Å². The van der Waals surface area contributed by atoms with E-state index in [0.717, 1.165) is 36.5 Å². The third-order valence-corrected chi connectivity index (χ3v) is 6.01. The van der Waals surface area contributed by atoms with E-state index in [1.165, 1.54) is 0 Å². The number of hydrogen-bond donors (Lipinski definition) is 1. The van der Waals surface area contributed by atoms with E-state index in [9.17, 15) is 17.2 Å². The number of ether oxygens (including phenoxy) is 1. The van der Waals surface area contributed by atoms with Gasteiger partial charge in [0.05, 0.1) is 10.5 Å². The standard InChI is InChI=1S/C13H17F2NO3S2/c1-19-13(4-6-20-7-5-13)9-16-21(17,18)10-2-3-11(14)12(15)8-10/h2-3,8,16H,4-7,9H2,1H3. The zero-order valence-electron chi connectivity index (χ0n) is 11.6. The third-order valence-electron chi connectivity index (χ3n) is 3.62. The van der Waals surface area contributed by atoms with Crippen LogP contribution in [0.15, 0.2) is 23.1 Å². The lowest BCUT2D eigenvalue weighted by Gasteiger charge is -2.35. The Morgan fingerprint density at radius 3 is 2.52 bits per heavy atom. The van der Waals surface area contributed by atoms with Crippen LogP contribution in [-0.4, -0.2) is 39.2 Å². The number of thioether (sulfide) groups is 1. The second-order valence-electron chi connectivity index (χ2n) is 4.90. The van der Waals surface area contributed by atoms with E-state index in [4.69, 9.17) is 4.74 Å². The SMILES string of the molecule is COC1(CNS(=O)(=O)c2ccc(F)c(F)c2)CCSCC1. The molecule has 0 spiro atoms. The lowest BCUT2D eigenvalue weighted by atomic mass is 9.97. The van der Waals surface area contributed by atoms with Crippen LogP contribution < -0.4 is 4.72 Å². The summed E-state index contributed by atoms with van der Waals surface area (Å²) in [5, 5.41) is 0. The Kier molecular flexibility index (Phi) is 5.24. The van der Waals surface area contributed by atoms with Crippen molar-refractivity contribution in [3.8, 4) is 0 Å². The van der Waals surface area contributed by atoms with Gasteiger partial charge in [0, 0.05) is 13.7 Å². The lowest BCUT2D eigenvalue weighted by molar-refractivity contribution is -0.0119. The van der Waals surface area contributed by atoms with Crippen molar-refractivity contribution in [2.24, 2.45) is 0 Å². The molecule has 0 radical (unpaired) electrons. The maximum Gasteiger partial charge on any atom is 0.240 e. The molecule has 1 saturated heterocycles. The quantitative estimate of drug-likeness (QED) is 0.895. The zero-order valence-corrected chi connectivity index (χ0v) is 13.2. The molecular weight excluding hydrogens is 320 g/mol. The smallest absolute Gasteiger partial charge is 0.240 e. The average molecular weight is 337 g/mol. The first-order valence-corrected chi connectivity index (χ1v) is 9.10. The lowest BCUT2D eigenvalue weighted by Crippen LogP contribution is -2.46. The van der Waals surface area contributed by atoms with Gasteiger partial charge in [0.25, 0.3) is 0 Å². The van der Waals surface area contributed by atoms with Gasteiger partial charge in [-0.3, -0.25) is 0 Å². The number of hydrogen-bond acceptors (Lipinski definition) is 4. The average Bonchev–Trinajstić information content (AvgIpc) is 2.49. The van der Waals surface area contributed by atoms with Gasteiger partial charge < -0.3 is 4.74 Å². The second-order valence-corrected chi connectivity index (χ2v) is 7.89. The summed E-state index contributed by atoms with van der Waals surface area (Å²) in [6.45, 7) is 0.116. The Morgan fingerprint density at radius 1 is 1.29 bits per heavy atom. The first kappa shape index (κ1) is 16.7. The fraction of sp³-hybridized carbons (Fsp3) is 0.538. The van der Waals surface area contributed by atoms with Crippen LogP contribution in [-0.2, 0) is 14.8 Å². The van der Waals surface area contributed by atoms with E-state index in [1.807, 2.05) is 0 Å². The Balaban J connectivity index is 2.11. The zero-order chi connectivity index (χ0) is 15.5. The molecule has 1 aliphatic rings.